The average molecular weight is 432 g/mol. The normalized spacial score (nSPS) is 11.3. The largest absolute Gasteiger partial charge is 0.302 e. The number of carbonyl (C=O) groups is 1. The lowest BCUT2D eigenvalue weighted by Gasteiger charge is -2.24. The summed E-state index contributed by atoms with van der Waals surface area (Å²) < 4.78 is 14.3. The molecule has 1 aromatic heterocycles. The van der Waals surface area contributed by atoms with Crippen LogP contribution in [0.5, 0.6) is 0 Å². The van der Waals surface area contributed by atoms with E-state index in [1.165, 1.54) is 17.0 Å². The van der Waals surface area contributed by atoms with E-state index in [0.717, 1.165) is 40.5 Å². The zero-order valence-corrected chi connectivity index (χ0v) is 18.7. The number of anilines is 1. The summed E-state index contributed by atoms with van der Waals surface area (Å²) in [6.45, 7) is 7.48. The van der Waals surface area contributed by atoms with Gasteiger partial charge >= 0.3 is 0 Å². The average Bonchev–Trinajstić information content (AvgIpc) is 3.15. The van der Waals surface area contributed by atoms with E-state index in [9.17, 15) is 9.18 Å². The van der Waals surface area contributed by atoms with Crippen molar-refractivity contribution in [3.8, 4) is 0 Å². The maximum atomic E-state index is 13.2. The van der Waals surface area contributed by atoms with Crippen LogP contribution in [0.3, 0.4) is 0 Å². The van der Waals surface area contributed by atoms with Gasteiger partial charge in [0.15, 0.2) is 5.13 Å². The fourth-order valence-electron chi connectivity index (χ4n) is 3.12. The molecule has 3 rings (SSSR count). The lowest BCUT2D eigenvalue weighted by atomic mass is 10.1. The van der Waals surface area contributed by atoms with Gasteiger partial charge in [-0.05, 0) is 55.2 Å². The van der Waals surface area contributed by atoms with Gasteiger partial charge in [0.2, 0.25) is 5.91 Å². The predicted molar refractivity (Wildman–Crippen MR) is 122 cm³/mol. The molecule has 0 unspecified atom stereocenters. The van der Waals surface area contributed by atoms with Crippen molar-refractivity contribution in [1.29, 1.82) is 0 Å². The molecule has 0 N–H and O–H groups in total. The number of thioether (sulfide) groups is 1. The van der Waals surface area contributed by atoms with E-state index in [-0.39, 0.29) is 18.1 Å². The Labute approximate surface area is 179 Å². The molecule has 154 valence electrons. The van der Waals surface area contributed by atoms with Crippen LogP contribution in [-0.2, 0) is 11.2 Å². The number of carbonyl (C=O) groups excluding carboxylic acids is 1. The van der Waals surface area contributed by atoms with Gasteiger partial charge in [-0.2, -0.15) is 0 Å². The third kappa shape index (κ3) is 5.56. The topological polar surface area (TPSA) is 36.4 Å². The van der Waals surface area contributed by atoms with Crippen LogP contribution in [0.15, 0.2) is 47.4 Å². The molecule has 3 aromatic rings. The molecule has 0 bridgehead atoms. The first-order valence-electron chi connectivity index (χ1n) is 9.75. The molecule has 1 heterocycles. The third-order valence-electron chi connectivity index (χ3n) is 4.92. The highest BCUT2D eigenvalue weighted by Gasteiger charge is 2.21. The molecule has 0 radical (unpaired) electrons. The quantitative estimate of drug-likeness (QED) is 0.443. The second-order valence-electron chi connectivity index (χ2n) is 6.71. The minimum Gasteiger partial charge on any atom is -0.302 e. The fraction of sp³-hybridized carbons (Fsp3) is 0.364. The van der Waals surface area contributed by atoms with Crippen molar-refractivity contribution in [2.24, 2.45) is 0 Å². The Bertz CT molecular complexity index is 954. The molecule has 29 heavy (non-hydrogen) atoms. The molecule has 0 saturated carbocycles. The van der Waals surface area contributed by atoms with Crippen molar-refractivity contribution >= 4 is 44.4 Å². The minimum absolute atomic E-state index is 0.0205. The molecule has 0 fully saturated rings. The molecule has 2 aromatic carbocycles. The Morgan fingerprint density at radius 2 is 1.83 bits per heavy atom. The van der Waals surface area contributed by atoms with E-state index in [2.05, 4.69) is 30.9 Å². The van der Waals surface area contributed by atoms with Crippen molar-refractivity contribution < 1.29 is 9.18 Å². The first kappa shape index (κ1) is 21.7. The third-order valence-corrected chi connectivity index (χ3v) is 6.69. The van der Waals surface area contributed by atoms with Gasteiger partial charge < -0.3 is 4.90 Å². The fourth-order valence-corrected chi connectivity index (χ4v) is 4.68. The second kappa shape index (κ2) is 10.2. The van der Waals surface area contributed by atoms with Crippen LogP contribution in [0, 0.1) is 5.82 Å². The van der Waals surface area contributed by atoms with Crippen LogP contribution >= 0.6 is 23.1 Å². The van der Waals surface area contributed by atoms with Crippen LogP contribution in [0.25, 0.3) is 10.2 Å². The van der Waals surface area contributed by atoms with E-state index in [1.54, 1.807) is 40.1 Å². The summed E-state index contributed by atoms with van der Waals surface area (Å²) in [6, 6.07) is 12.3. The maximum absolute atomic E-state index is 13.2. The van der Waals surface area contributed by atoms with Gasteiger partial charge in [-0.25, -0.2) is 9.37 Å². The number of fused-ring (bicyclic) bond motifs is 1. The van der Waals surface area contributed by atoms with Crippen molar-refractivity contribution in [2.45, 2.75) is 25.2 Å². The Hall–Kier alpha value is -1.96. The lowest BCUT2D eigenvalue weighted by Crippen LogP contribution is -2.39. The summed E-state index contributed by atoms with van der Waals surface area (Å²) in [4.78, 5) is 23.1. The van der Waals surface area contributed by atoms with Crippen LogP contribution in [0.2, 0.25) is 0 Å². The zero-order valence-electron chi connectivity index (χ0n) is 17.0. The number of likely N-dealkylation sites (N-methyl/N-ethyl adjacent to an activating group) is 1. The monoisotopic (exact) mass is 431 g/mol. The zero-order chi connectivity index (χ0) is 20.8. The van der Waals surface area contributed by atoms with Crippen molar-refractivity contribution in [3.63, 3.8) is 0 Å². The summed E-state index contributed by atoms with van der Waals surface area (Å²) in [5, 5.41) is 0.720. The molecule has 4 nitrogen and oxygen atoms in total. The van der Waals surface area contributed by atoms with Gasteiger partial charge in [-0.3, -0.25) is 9.69 Å². The number of aromatic nitrogens is 1. The first-order chi connectivity index (χ1) is 14.0. The first-order valence-corrected chi connectivity index (χ1v) is 11.8. The van der Waals surface area contributed by atoms with E-state index in [4.69, 9.17) is 4.98 Å². The van der Waals surface area contributed by atoms with Gasteiger partial charge in [0.25, 0.3) is 0 Å². The highest BCUT2D eigenvalue weighted by molar-refractivity contribution is 7.98. The summed E-state index contributed by atoms with van der Waals surface area (Å²) in [6.07, 6.45) is 2.27. The van der Waals surface area contributed by atoms with Gasteiger partial charge in [0, 0.05) is 18.0 Å². The molecular formula is C22H26FN3OS2. The van der Waals surface area contributed by atoms with Gasteiger partial charge in [0.1, 0.15) is 5.82 Å². The smallest absolute Gasteiger partial charge is 0.233 e. The number of thiazole rings is 1. The molecule has 0 spiro atoms. The highest BCUT2D eigenvalue weighted by atomic mass is 32.2. The summed E-state index contributed by atoms with van der Waals surface area (Å²) in [5.41, 5.74) is 1.71. The van der Waals surface area contributed by atoms with E-state index in [1.807, 2.05) is 12.3 Å². The number of amides is 1. The number of nitrogens with zero attached hydrogens (tertiary/aromatic N) is 3. The van der Waals surface area contributed by atoms with Crippen molar-refractivity contribution in [2.75, 3.05) is 37.3 Å². The van der Waals surface area contributed by atoms with Gasteiger partial charge in [-0.1, -0.05) is 37.3 Å². The number of halogens is 1. The Kier molecular flexibility index (Phi) is 7.64. The van der Waals surface area contributed by atoms with E-state index >= 15 is 0 Å². The minimum atomic E-state index is -0.296. The predicted octanol–water partition coefficient (Wildman–Crippen LogP) is 5.07. The van der Waals surface area contributed by atoms with Crippen molar-refractivity contribution in [1.82, 2.24) is 9.88 Å². The van der Waals surface area contributed by atoms with Crippen molar-refractivity contribution in [3.05, 3.63) is 53.8 Å². The summed E-state index contributed by atoms with van der Waals surface area (Å²) in [7, 11) is 0. The molecule has 0 atom stereocenters. The standard InChI is InChI=1S/C22H26FN3OS2/c1-4-25(5-2)12-13-26(21(27)14-16-6-8-17(23)9-7-16)22-24-19-11-10-18(28-3)15-20(19)29-22/h6-11,15H,4-5,12-14H2,1-3H3. The molecule has 7 heteroatoms. The number of hydrogen-bond donors (Lipinski definition) is 0. The number of rotatable bonds is 9. The van der Waals surface area contributed by atoms with Crippen LogP contribution in [0.4, 0.5) is 9.52 Å². The second-order valence-corrected chi connectivity index (χ2v) is 8.59. The molecule has 0 aliphatic heterocycles. The maximum Gasteiger partial charge on any atom is 0.233 e. The van der Waals surface area contributed by atoms with Crippen LogP contribution < -0.4 is 4.90 Å². The lowest BCUT2D eigenvalue weighted by molar-refractivity contribution is -0.118. The molecular weight excluding hydrogens is 405 g/mol. The van der Waals surface area contributed by atoms with Gasteiger partial charge in [-0.15, -0.1) is 11.8 Å². The van der Waals surface area contributed by atoms with E-state index in [0.29, 0.717) is 6.54 Å². The SMILES string of the molecule is CCN(CC)CCN(C(=O)Cc1ccc(F)cc1)c1nc2ccc(SC)cc2s1. The highest BCUT2D eigenvalue weighted by Crippen LogP contribution is 2.32. The molecule has 1 amide bonds. The number of benzene rings is 2. The number of hydrogen-bond acceptors (Lipinski definition) is 5. The van der Waals surface area contributed by atoms with Crippen LogP contribution in [0.1, 0.15) is 19.4 Å². The molecule has 0 aliphatic carbocycles. The molecule has 0 saturated heterocycles. The summed E-state index contributed by atoms with van der Waals surface area (Å²) in [5.74, 6) is -0.316. The van der Waals surface area contributed by atoms with Crippen LogP contribution in [-0.4, -0.2) is 48.2 Å². The summed E-state index contributed by atoms with van der Waals surface area (Å²) >= 11 is 3.24. The van der Waals surface area contributed by atoms with Gasteiger partial charge in [0.05, 0.1) is 16.6 Å². The van der Waals surface area contributed by atoms with E-state index < -0.39 is 0 Å². The Balaban J connectivity index is 1.87. The Morgan fingerprint density at radius 3 is 2.48 bits per heavy atom. The molecule has 0 aliphatic rings. The Morgan fingerprint density at radius 1 is 1.10 bits per heavy atom.